The predicted octanol–water partition coefficient (Wildman–Crippen LogP) is 0.885. The quantitative estimate of drug-likeness (QED) is 0.575. The van der Waals surface area contributed by atoms with Crippen LogP contribution >= 0.6 is 0 Å². The summed E-state index contributed by atoms with van der Waals surface area (Å²) < 4.78 is 1.79. The van der Waals surface area contributed by atoms with Crippen LogP contribution in [0.1, 0.15) is 25.8 Å². The molecule has 0 spiro atoms. The summed E-state index contributed by atoms with van der Waals surface area (Å²) in [7, 11) is 1.91. The highest BCUT2D eigenvalue weighted by Gasteiger charge is 1.97. The normalized spacial score (nSPS) is 11.6. The van der Waals surface area contributed by atoms with Crippen molar-refractivity contribution in [1.29, 1.82) is 0 Å². The lowest BCUT2D eigenvalue weighted by atomic mass is 10.4. The first-order valence-corrected chi connectivity index (χ1v) is 5.76. The Morgan fingerprint density at radius 2 is 2.25 bits per heavy atom. The Morgan fingerprint density at radius 3 is 2.81 bits per heavy atom. The Bertz CT molecular complexity index is 329. The monoisotopic (exact) mass is 223 g/mol. The third-order valence-corrected chi connectivity index (χ3v) is 2.06. The molecule has 0 saturated carbocycles. The lowest BCUT2D eigenvalue weighted by molar-refractivity contribution is 0.766. The molecule has 0 aliphatic heterocycles. The fraction of sp³-hybridized carbons (Fsp3) is 0.636. The maximum Gasteiger partial charge on any atom is 0.191 e. The Kier molecular flexibility index (Phi) is 5.39. The fourth-order valence-corrected chi connectivity index (χ4v) is 1.31. The highest BCUT2D eigenvalue weighted by atomic mass is 15.2. The third kappa shape index (κ3) is 4.33. The summed E-state index contributed by atoms with van der Waals surface area (Å²) in [5.74, 6) is 0.869. The fourth-order valence-electron chi connectivity index (χ4n) is 1.31. The van der Waals surface area contributed by atoms with Crippen molar-refractivity contribution in [3.63, 3.8) is 0 Å². The highest BCUT2D eigenvalue weighted by molar-refractivity contribution is 5.79. The number of hydrogen-bond donors (Lipinski definition) is 2. The van der Waals surface area contributed by atoms with Crippen molar-refractivity contribution in [3.8, 4) is 0 Å². The summed E-state index contributed by atoms with van der Waals surface area (Å²) in [6.45, 7) is 6.68. The van der Waals surface area contributed by atoms with Crippen LogP contribution < -0.4 is 10.6 Å². The smallest absolute Gasteiger partial charge is 0.191 e. The summed E-state index contributed by atoms with van der Waals surface area (Å²) in [6, 6.07) is 0. The molecular formula is C11H21N5. The zero-order valence-electron chi connectivity index (χ0n) is 10.3. The first-order valence-electron chi connectivity index (χ1n) is 5.76. The van der Waals surface area contributed by atoms with Gasteiger partial charge in [-0.05, 0) is 13.3 Å². The molecule has 0 aliphatic carbocycles. The molecule has 1 rings (SSSR count). The SMILES string of the molecule is CCCNC(=NCc1cnn(C)c1)NCC. The van der Waals surface area contributed by atoms with Gasteiger partial charge in [-0.15, -0.1) is 0 Å². The van der Waals surface area contributed by atoms with Crippen LogP contribution in [-0.4, -0.2) is 28.8 Å². The summed E-state index contributed by atoms with van der Waals surface area (Å²) in [5, 5.41) is 10.6. The van der Waals surface area contributed by atoms with Crippen molar-refractivity contribution in [1.82, 2.24) is 20.4 Å². The minimum Gasteiger partial charge on any atom is -0.357 e. The van der Waals surface area contributed by atoms with Gasteiger partial charge in [-0.25, -0.2) is 4.99 Å². The first-order chi connectivity index (χ1) is 7.76. The summed E-state index contributed by atoms with van der Waals surface area (Å²) in [6.07, 6.45) is 4.91. The molecule has 1 aromatic heterocycles. The molecule has 90 valence electrons. The molecule has 0 fully saturated rings. The number of nitrogens with zero attached hydrogens (tertiary/aromatic N) is 3. The van der Waals surface area contributed by atoms with E-state index in [0.717, 1.165) is 31.0 Å². The molecule has 1 aromatic rings. The molecule has 0 amide bonds. The van der Waals surface area contributed by atoms with E-state index in [1.165, 1.54) is 0 Å². The number of aliphatic imine (C=N–C) groups is 1. The number of aromatic nitrogens is 2. The molecule has 0 aliphatic rings. The van der Waals surface area contributed by atoms with Gasteiger partial charge in [0.05, 0.1) is 12.7 Å². The molecule has 0 saturated heterocycles. The van der Waals surface area contributed by atoms with Gasteiger partial charge in [0.25, 0.3) is 0 Å². The van der Waals surface area contributed by atoms with Crippen LogP contribution in [0.5, 0.6) is 0 Å². The van der Waals surface area contributed by atoms with Crippen LogP contribution in [0.15, 0.2) is 17.4 Å². The van der Waals surface area contributed by atoms with Gasteiger partial charge in [0, 0.05) is 31.9 Å². The van der Waals surface area contributed by atoms with Crippen LogP contribution in [0.2, 0.25) is 0 Å². The zero-order chi connectivity index (χ0) is 11.8. The number of rotatable bonds is 5. The molecule has 0 aromatic carbocycles. The largest absolute Gasteiger partial charge is 0.357 e. The minimum absolute atomic E-state index is 0.660. The standard InChI is InChI=1S/C11H21N5/c1-4-6-13-11(12-5-2)14-7-10-8-15-16(3)9-10/h8-9H,4-7H2,1-3H3,(H2,12,13,14). The molecule has 5 heteroatoms. The van der Waals surface area contributed by atoms with Crippen LogP contribution in [0.25, 0.3) is 0 Å². The summed E-state index contributed by atoms with van der Waals surface area (Å²) in [5.41, 5.74) is 1.12. The van der Waals surface area contributed by atoms with Gasteiger partial charge in [-0.2, -0.15) is 5.10 Å². The van der Waals surface area contributed by atoms with E-state index in [9.17, 15) is 0 Å². The molecule has 0 radical (unpaired) electrons. The molecule has 1 heterocycles. The highest BCUT2D eigenvalue weighted by Crippen LogP contribution is 1.97. The number of aryl methyl sites for hydroxylation is 1. The summed E-state index contributed by atoms with van der Waals surface area (Å²) >= 11 is 0. The van der Waals surface area contributed by atoms with Gasteiger partial charge < -0.3 is 10.6 Å². The van der Waals surface area contributed by atoms with E-state index in [1.807, 2.05) is 19.4 Å². The van der Waals surface area contributed by atoms with Gasteiger partial charge in [-0.1, -0.05) is 6.92 Å². The second kappa shape index (κ2) is 6.87. The molecule has 5 nitrogen and oxygen atoms in total. The Morgan fingerprint density at radius 1 is 1.44 bits per heavy atom. The Balaban J connectivity index is 2.49. The van der Waals surface area contributed by atoms with Crippen LogP contribution in [0.4, 0.5) is 0 Å². The van der Waals surface area contributed by atoms with E-state index >= 15 is 0 Å². The molecule has 16 heavy (non-hydrogen) atoms. The van der Waals surface area contributed by atoms with E-state index in [4.69, 9.17) is 0 Å². The third-order valence-electron chi connectivity index (χ3n) is 2.06. The van der Waals surface area contributed by atoms with Gasteiger partial charge in [0.1, 0.15) is 0 Å². The van der Waals surface area contributed by atoms with Crippen molar-refractivity contribution < 1.29 is 0 Å². The molecule has 0 atom stereocenters. The average Bonchev–Trinajstić information content (AvgIpc) is 2.68. The summed E-state index contributed by atoms with van der Waals surface area (Å²) in [4.78, 5) is 4.48. The van der Waals surface area contributed by atoms with E-state index in [-0.39, 0.29) is 0 Å². The molecule has 2 N–H and O–H groups in total. The Hall–Kier alpha value is -1.52. The van der Waals surface area contributed by atoms with E-state index < -0.39 is 0 Å². The van der Waals surface area contributed by atoms with Crippen molar-refractivity contribution >= 4 is 5.96 Å². The van der Waals surface area contributed by atoms with Crippen molar-refractivity contribution in [2.75, 3.05) is 13.1 Å². The van der Waals surface area contributed by atoms with Gasteiger partial charge in [0.15, 0.2) is 5.96 Å². The zero-order valence-corrected chi connectivity index (χ0v) is 10.3. The van der Waals surface area contributed by atoms with Crippen LogP contribution in [-0.2, 0) is 13.6 Å². The van der Waals surface area contributed by atoms with Gasteiger partial charge in [0.2, 0.25) is 0 Å². The second-order valence-electron chi connectivity index (χ2n) is 3.64. The van der Waals surface area contributed by atoms with Gasteiger partial charge in [-0.3, -0.25) is 4.68 Å². The second-order valence-corrected chi connectivity index (χ2v) is 3.64. The van der Waals surface area contributed by atoms with Crippen LogP contribution in [0.3, 0.4) is 0 Å². The van der Waals surface area contributed by atoms with Crippen LogP contribution in [0, 0.1) is 0 Å². The lowest BCUT2D eigenvalue weighted by Crippen LogP contribution is -2.37. The maximum atomic E-state index is 4.48. The Labute approximate surface area is 97.0 Å². The maximum absolute atomic E-state index is 4.48. The topological polar surface area (TPSA) is 54.2 Å². The average molecular weight is 223 g/mol. The number of hydrogen-bond acceptors (Lipinski definition) is 2. The number of nitrogens with one attached hydrogen (secondary N) is 2. The number of guanidine groups is 1. The molecular weight excluding hydrogens is 202 g/mol. The van der Waals surface area contributed by atoms with E-state index in [0.29, 0.717) is 6.54 Å². The minimum atomic E-state index is 0.660. The van der Waals surface area contributed by atoms with Gasteiger partial charge >= 0.3 is 0 Å². The predicted molar refractivity (Wildman–Crippen MR) is 66.3 cm³/mol. The first kappa shape index (κ1) is 12.5. The van der Waals surface area contributed by atoms with Crippen molar-refractivity contribution in [2.24, 2.45) is 12.0 Å². The van der Waals surface area contributed by atoms with E-state index in [1.54, 1.807) is 4.68 Å². The van der Waals surface area contributed by atoms with Crippen molar-refractivity contribution in [3.05, 3.63) is 18.0 Å². The van der Waals surface area contributed by atoms with E-state index in [2.05, 4.69) is 34.6 Å². The van der Waals surface area contributed by atoms with Crippen molar-refractivity contribution in [2.45, 2.75) is 26.8 Å². The lowest BCUT2D eigenvalue weighted by Gasteiger charge is -2.09. The molecule has 0 bridgehead atoms. The molecule has 0 unspecified atom stereocenters.